The SMILES string of the molecule is CCCC([O])NC(C)C. The Morgan fingerprint density at radius 2 is 2.00 bits per heavy atom. The molecule has 9 heavy (non-hydrogen) atoms. The third-order valence-corrected chi connectivity index (χ3v) is 1.07. The summed E-state index contributed by atoms with van der Waals surface area (Å²) >= 11 is 0. The predicted octanol–water partition coefficient (Wildman–Crippen LogP) is 1.54. The van der Waals surface area contributed by atoms with Gasteiger partial charge in [-0.25, -0.2) is 5.11 Å². The molecule has 0 amide bonds. The highest BCUT2D eigenvalue weighted by Gasteiger charge is 2.03. The van der Waals surface area contributed by atoms with Gasteiger partial charge in [0.2, 0.25) is 0 Å². The molecule has 1 N–H and O–H groups in total. The van der Waals surface area contributed by atoms with Crippen LogP contribution in [0.3, 0.4) is 0 Å². The smallest absolute Gasteiger partial charge is 0.144 e. The fourth-order valence-corrected chi connectivity index (χ4v) is 0.717. The number of rotatable bonds is 4. The molecule has 0 saturated carbocycles. The number of hydrogen-bond donors (Lipinski definition) is 1. The van der Waals surface area contributed by atoms with Crippen molar-refractivity contribution in [1.82, 2.24) is 5.32 Å². The molecule has 55 valence electrons. The number of nitrogens with one attached hydrogen (secondary N) is 1. The van der Waals surface area contributed by atoms with Gasteiger partial charge in [0.1, 0.15) is 6.23 Å². The zero-order valence-electron chi connectivity index (χ0n) is 6.48. The lowest BCUT2D eigenvalue weighted by Gasteiger charge is -2.11. The third kappa shape index (κ3) is 5.80. The summed E-state index contributed by atoms with van der Waals surface area (Å²) in [6.45, 7) is 5.99. The van der Waals surface area contributed by atoms with Gasteiger partial charge in [-0.05, 0) is 20.3 Å². The molecule has 0 aliphatic carbocycles. The normalized spacial score (nSPS) is 14.3. The van der Waals surface area contributed by atoms with Crippen LogP contribution in [0.15, 0.2) is 0 Å². The van der Waals surface area contributed by atoms with Crippen LogP contribution in [-0.4, -0.2) is 12.3 Å². The first kappa shape index (κ1) is 8.92. The van der Waals surface area contributed by atoms with Crippen molar-refractivity contribution in [2.75, 3.05) is 0 Å². The highest BCUT2D eigenvalue weighted by atomic mass is 16.3. The summed E-state index contributed by atoms with van der Waals surface area (Å²) in [5.41, 5.74) is 0. The van der Waals surface area contributed by atoms with Gasteiger partial charge in [0.05, 0.1) is 0 Å². The summed E-state index contributed by atoms with van der Waals surface area (Å²) in [5, 5.41) is 13.7. The standard InChI is InChI=1S/C7H16NO/c1-4-5-7(9)8-6(2)3/h6-8H,4-5H2,1-3H3. The van der Waals surface area contributed by atoms with E-state index in [1.165, 1.54) is 0 Å². The zero-order valence-corrected chi connectivity index (χ0v) is 6.48. The van der Waals surface area contributed by atoms with Crippen LogP contribution in [0.4, 0.5) is 0 Å². The number of hydrogen-bond acceptors (Lipinski definition) is 1. The molecule has 0 bridgehead atoms. The van der Waals surface area contributed by atoms with Crippen LogP contribution in [0.2, 0.25) is 0 Å². The summed E-state index contributed by atoms with van der Waals surface area (Å²) in [4.78, 5) is 0. The van der Waals surface area contributed by atoms with E-state index in [2.05, 4.69) is 5.32 Å². The van der Waals surface area contributed by atoms with Gasteiger partial charge in [0, 0.05) is 6.04 Å². The van der Waals surface area contributed by atoms with Crippen molar-refractivity contribution in [2.45, 2.75) is 45.9 Å². The molecule has 0 rings (SSSR count). The van der Waals surface area contributed by atoms with Gasteiger partial charge in [0.15, 0.2) is 0 Å². The Morgan fingerprint density at radius 3 is 2.33 bits per heavy atom. The maximum Gasteiger partial charge on any atom is 0.144 e. The first-order valence-corrected chi connectivity index (χ1v) is 3.58. The highest BCUT2D eigenvalue weighted by Crippen LogP contribution is 1.93. The van der Waals surface area contributed by atoms with Gasteiger partial charge in [0.25, 0.3) is 0 Å². The molecule has 0 aromatic carbocycles. The monoisotopic (exact) mass is 130 g/mol. The Labute approximate surface area is 57.3 Å². The lowest BCUT2D eigenvalue weighted by atomic mass is 10.3. The fraction of sp³-hybridized carbons (Fsp3) is 1.00. The Bertz CT molecular complexity index is 63.9. The quantitative estimate of drug-likeness (QED) is 0.575. The maximum absolute atomic E-state index is 10.8. The summed E-state index contributed by atoms with van der Waals surface area (Å²) in [6.07, 6.45) is 1.14. The molecule has 1 unspecified atom stereocenters. The van der Waals surface area contributed by atoms with Crippen LogP contribution in [-0.2, 0) is 5.11 Å². The van der Waals surface area contributed by atoms with E-state index in [0.717, 1.165) is 12.8 Å². The van der Waals surface area contributed by atoms with Gasteiger partial charge >= 0.3 is 0 Å². The van der Waals surface area contributed by atoms with E-state index >= 15 is 0 Å². The fourth-order valence-electron chi connectivity index (χ4n) is 0.717. The summed E-state index contributed by atoms with van der Waals surface area (Å²) in [5.74, 6) is 0. The van der Waals surface area contributed by atoms with E-state index in [1.807, 2.05) is 20.8 Å². The molecular weight excluding hydrogens is 114 g/mol. The van der Waals surface area contributed by atoms with Crippen molar-refractivity contribution >= 4 is 0 Å². The molecule has 0 heterocycles. The summed E-state index contributed by atoms with van der Waals surface area (Å²) in [6, 6.07) is 0.319. The largest absolute Gasteiger partial charge is 0.287 e. The molecule has 1 atom stereocenters. The Balaban J connectivity index is 3.15. The molecule has 0 aromatic rings. The zero-order chi connectivity index (χ0) is 7.28. The predicted molar refractivity (Wildman–Crippen MR) is 37.7 cm³/mol. The molecule has 1 radical (unpaired) electrons. The lowest BCUT2D eigenvalue weighted by Crippen LogP contribution is -2.33. The van der Waals surface area contributed by atoms with Crippen molar-refractivity contribution < 1.29 is 5.11 Å². The maximum atomic E-state index is 10.8. The van der Waals surface area contributed by atoms with Gasteiger partial charge in [-0.15, -0.1) is 0 Å². The van der Waals surface area contributed by atoms with Crippen LogP contribution < -0.4 is 5.32 Å². The van der Waals surface area contributed by atoms with E-state index in [-0.39, 0.29) is 0 Å². The van der Waals surface area contributed by atoms with E-state index in [9.17, 15) is 5.11 Å². The minimum atomic E-state index is -0.560. The third-order valence-electron chi connectivity index (χ3n) is 1.07. The molecular formula is C7H16NO. The van der Waals surface area contributed by atoms with Gasteiger partial charge in [-0.2, -0.15) is 0 Å². The lowest BCUT2D eigenvalue weighted by molar-refractivity contribution is 0.0442. The van der Waals surface area contributed by atoms with E-state index < -0.39 is 6.23 Å². The molecule has 0 aliphatic heterocycles. The Hall–Kier alpha value is -0.0800. The second-order valence-electron chi connectivity index (χ2n) is 2.60. The van der Waals surface area contributed by atoms with Crippen LogP contribution in [0.5, 0.6) is 0 Å². The molecule has 2 nitrogen and oxygen atoms in total. The van der Waals surface area contributed by atoms with E-state index in [1.54, 1.807) is 0 Å². The second kappa shape index (κ2) is 4.77. The molecule has 0 saturated heterocycles. The van der Waals surface area contributed by atoms with Crippen molar-refractivity contribution in [3.05, 3.63) is 0 Å². The van der Waals surface area contributed by atoms with Crippen LogP contribution in [0.1, 0.15) is 33.6 Å². The second-order valence-corrected chi connectivity index (χ2v) is 2.60. The van der Waals surface area contributed by atoms with Crippen LogP contribution in [0, 0.1) is 0 Å². The highest BCUT2D eigenvalue weighted by molar-refractivity contribution is 4.55. The molecule has 0 spiro atoms. The van der Waals surface area contributed by atoms with Gasteiger partial charge in [-0.3, -0.25) is 5.32 Å². The summed E-state index contributed by atoms with van der Waals surface area (Å²) < 4.78 is 0. The van der Waals surface area contributed by atoms with Crippen LogP contribution in [0.25, 0.3) is 0 Å². The first-order valence-electron chi connectivity index (χ1n) is 3.58. The topological polar surface area (TPSA) is 31.9 Å². The Morgan fingerprint density at radius 1 is 1.44 bits per heavy atom. The van der Waals surface area contributed by atoms with Gasteiger partial charge in [-0.1, -0.05) is 13.3 Å². The minimum Gasteiger partial charge on any atom is -0.287 e. The Kier molecular flexibility index (Phi) is 4.72. The molecule has 0 aromatic heterocycles. The van der Waals surface area contributed by atoms with Crippen molar-refractivity contribution in [3.63, 3.8) is 0 Å². The van der Waals surface area contributed by atoms with Crippen molar-refractivity contribution in [3.8, 4) is 0 Å². The average molecular weight is 130 g/mol. The summed E-state index contributed by atoms with van der Waals surface area (Å²) in [7, 11) is 0. The molecule has 0 fully saturated rings. The first-order chi connectivity index (χ1) is 4.16. The minimum absolute atomic E-state index is 0.319. The van der Waals surface area contributed by atoms with Gasteiger partial charge < -0.3 is 0 Å². The van der Waals surface area contributed by atoms with Crippen molar-refractivity contribution in [1.29, 1.82) is 0 Å². The van der Waals surface area contributed by atoms with Crippen molar-refractivity contribution in [2.24, 2.45) is 0 Å². The molecule has 2 heteroatoms. The van der Waals surface area contributed by atoms with Crippen LogP contribution >= 0.6 is 0 Å². The van der Waals surface area contributed by atoms with E-state index in [0.29, 0.717) is 6.04 Å². The molecule has 0 aliphatic rings. The average Bonchev–Trinajstić information content (AvgIpc) is 1.63. The van der Waals surface area contributed by atoms with E-state index in [4.69, 9.17) is 0 Å².